The van der Waals surface area contributed by atoms with Crippen LogP contribution in [0.2, 0.25) is 0 Å². The Labute approximate surface area is 119 Å². The lowest BCUT2D eigenvalue weighted by atomic mass is 9.94. The Balaban J connectivity index is 2.86. The molecule has 16 heavy (non-hydrogen) atoms. The maximum absolute atomic E-state index is 3.66. The number of nitrogens with one attached hydrogen (secondary N) is 1. The molecule has 2 unspecified atom stereocenters. The highest BCUT2D eigenvalue weighted by molar-refractivity contribution is 9.12. The van der Waals surface area contributed by atoms with Gasteiger partial charge in [-0.1, -0.05) is 27.2 Å². The highest BCUT2D eigenvalue weighted by Crippen LogP contribution is 2.38. The molecule has 1 rings (SSSR count). The van der Waals surface area contributed by atoms with Crippen LogP contribution in [0.3, 0.4) is 0 Å². The Morgan fingerprint density at radius 2 is 2.06 bits per heavy atom. The zero-order valence-electron chi connectivity index (χ0n) is 10.0. The lowest BCUT2D eigenvalue weighted by molar-refractivity contribution is 0.377. The summed E-state index contributed by atoms with van der Waals surface area (Å²) in [4.78, 5) is 0. The molecular weight excluding hydrogens is 350 g/mol. The van der Waals surface area contributed by atoms with Crippen LogP contribution in [0.1, 0.15) is 45.2 Å². The minimum atomic E-state index is 0.460. The number of rotatable bonds is 6. The summed E-state index contributed by atoms with van der Waals surface area (Å²) in [7, 11) is 0. The summed E-state index contributed by atoms with van der Waals surface area (Å²) in [5.74, 6) is 0.657. The molecule has 4 heteroatoms. The molecule has 0 saturated heterocycles. The molecule has 0 aliphatic carbocycles. The van der Waals surface area contributed by atoms with E-state index in [9.17, 15) is 0 Å². The first kappa shape index (κ1) is 14.7. The fraction of sp³-hybridized carbons (Fsp3) is 0.667. The van der Waals surface area contributed by atoms with E-state index in [2.05, 4.69) is 64.0 Å². The second kappa shape index (κ2) is 7.14. The number of hydrogen-bond acceptors (Lipinski definition) is 2. The predicted octanol–water partition coefficient (Wildman–Crippen LogP) is 5.36. The molecule has 0 aliphatic rings. The minimum Gasteiger partial charge on any atom is -0.310 e. The Bertz CT molecular complexity index is 325. The summed E-state index contributed by atoms with van der Waals surface area (Å²) in [5, 5.41) is 3.65. The van der Waals surface area contributed by atoms with Crippen LogP contribution >= 0.6 is 43.2 Å². The van der Waals surface area contributed by atoms with E-state index in [0.29, 0.717) is 12.0 Å². The predicted molar refractivity (Wildman–Crippen MR) is 80.2 cm³/mol. The topological polar surface area (TPSA) is 12.0 Å². The smallest absolute Gasteiger partial charge is 0.0758 e. The summed E-state index contributed by atoms with van der Waals surface area (Å²) in [6.07, 6.45) is 2.37. The van der Waals surface area contributed by atoms with Crippen molar-refractivity contribution >= 4 is 43.2 Å². The zero-order valence-corrected chi connectivity index (χ0v) is 14.0. The van der Waals surface area contributed by atoms with Crippen LogP contribution in [0.15, 0.2) is 13.6 Å². The molecule has 2 atom stereocenters. The number of thiophene rings is 1. The van der Waals surface area contributed by atoms with Gasteiger partial charge in [0.25, 0.3) is 0 Å². The molecule has 0 radical (unpaired) electrons. The van der Waals surface area contributed by atoms with Crippen molar-refractivity contribution in [3.8, 4) is 0 Å². The van der Waals surface area contributed by atoms with Crippen molar-refractivity contribution in [1.29, 1.82) is 0 Å². The first-order chi connectivity index (χ1) is 7.60. The van der Waals surface area contributed by atoms with Gasteiger partial charge in [0.1, 0.15) is 0 Å². The van der Waals surface area contributed by atoms with Crippen molar-refractivity contribution in [3.63, 3.8) is 0 Å². The Hall–Kier alpha value is 0.620. The fourth-order valence-electron chi connectivity index (χ4n) is 1.72. The van der Waals surface area contributed by atoms with Crippen molar-refractivity contribution in [2.75, 3.05) is 6.54 Å². The molecule has 0 aromatic carbocycles. The number of hydrogen-bond donors (Lipinski definition) is 1. The monoisotopic (exact) mass is 367 g/mol. The van der Waals surface area contributed by atoms with Crippen molar-refractivity contribution < 1.29 is 0 Å². The normalized spacial score (nSPS) is 15.1. The summed E-state index contributed by atoms with van der Waals surface area (Å²) in [5.41, 5.74) is 1.39. The average molecular weight is 369 g/mol. The molecule has 1 aromatic heterocycles. The second-order valence-electron chi connectivity index (χ2n) is 4.10. The molecule has 0 aliphatic heterocycles. The van der Waals surface area contributed by atoms with Crippen molar-refractivity contribution in [2.24, 2.45) is 5.92 Å². The first-order valence-electron chi connectivity index (χ1n) is 5.78. The minimum absolute atomic E-state index is 0.460. The molecule has 1 N–H and O–H groups in total. The van der Waals surface area contributed by atoms with Gasteiger partial charge in [0.05, 0.1) is 7.57 Å². The van der Waals surface area contributed by atoms with Crippen LogP contribution in [0.5, 0.6) is 0 Å². The van der Waals surface area contributed by atoms with E-state index in [1.54, 1.807) is 11.3 Å². The zero-order chi connectivity index (χ0) is 12.1. The van der Waals surface area contributed by atoms with Crippen LogP contribution in [0.25, 0.3) is 0 Å². The van der Waals surface area contributed by atoms with Crippen molar-refractivity contribution in [1.82, 2.24) is 5.32 Å². The molecular formula is C12H19Br2NS. The lowest BCUT2D eigenvalue weighted by Gasteiger charge is -2.24. The third-order valence-corrected chi connectivity index (χ3v) is 5.23. The van der Waals surface area contributed by atoms with Gasteiger partial charge < -0.3 is 5.32 Å². The van der Waals surface area contributed by atoms with Gasteiger partial charge in [-0.25, -0.2) is 0 Å². The maximum Gasteiger partial charge on any atom is 0.0758 e. The van der Waals surface area contributed by atoms with E-state index in [4.69, 9.17) is 0 Å². The third-order valence-electron chi connectivity index (χ3n) is 2.85. The molecule has 0 saturated carbocycles. The van der Waals surface area contributed by atoms with E-state index in [1.165, 1.54) is 26.0 Å². The van der Waals surface area contributed by atoms with E-state index < -0.39 is 0 Å². The van der Waals surface area contributed by atoms with E-state index >= 15 is 0 Å². The molecule has 0 amide bonds. The van der Waals surface area contributed by atoms with Crippen molar-refractivity contribution in [2.45, 2.75) is 39.7 Å². The van der Waals surface area contributed by atoms with Crippen LogP contribution in [-0.2, 0) is 0 Å². The van der Waals surface area contributed by atoms with Gasteiger partial charge in [0, 0.05) is 6.04 Å². The van der Waals surface area contributed by atoms with E-state index in [0.717, 1.165) is 6.54 Å². The van der Waals surface area contributed by atoms with Crippen LogP contribution in [-0.4, -0.2) is 6.54 Å². The first-order valence-corrected chi connectivity index (χ1v) is 8.18. The molecule has 0 spiro atoms. The molecule has 1 heterocycles. The van der Waals surface area contributed by atoms with Crippen molar-refractivity contribution in [3.05, 3.63) is 19.2 Å². The highest BCUT2D eigenvalue weighted by atomic mass is 79.9. The lowest BCUT2D eigenvalue weighted by Crippen LogP contribution is -2.27. The fourth-order valence-corrected chi connectivity index (χ4v) is 4.65. The Morgan fingerprint density at radius 1 is 1.38 bits per heavy atom. The molecule has 1 aromatic rings. The second-order valence-corrected chi connectivity index (χ2v) is 7.85. The van der Waals surface area contributed by atoms with Gasteiger partial charge in [0.2, 0.25) is 0 Å². The van der Waals surface area contributed by atoms with Gasteiger partial charge in [-0.3, -0.25) is 0 Å². The Kier molecular flexibility index (Phi) is 6.55. The van der Waals surface area contributed by atoms with Crippen LogP contribution in [0, 0.1) is 5.92 Å². The standard InChI is InChI=1S/C12H19Br2NS/c1-4-6-15-11(8(3)5-2)9-7-10(13)16-12(9)14/h7-8,11,15H,4-6H2,1-3H3. The molecule has 92 valence electrons. The van der Waals surface area contributed by atoms with Crippen LogP contribution < -0.4 is 5.32 Å². The summed E-state index contributed by atoms with van der Waals surface area (Å²) < 4.78 is 2.44. The van der Waals surface area contributed by atoms with Gasteiger partial charge in [-0.05, 0) is 62.4 Å². The summed E-state index contributed by atoms with van der Waals surface area (Å²) in [6.45, 7) is 7.85. The third kappa shape index (κ3) is 3.83. The van der Waals surface area contributed by atoms with E-state index in [1.807, 2.05) is 0 Å². The maximum atomic E-state index is 3.66. The van der Waals surface area contributed by atoms with Gasteiger partial charge >= 0.3 is 0 Å². The van der Waals surface area contributed by atoms with Gasteiger partial charge in [-0.15, -0.1) is 11.3 Å². The molecule has 1 nitrogen and oxygen atoms in total. The average Bonchev–Trinajstić information content (AvgIpc) is 2.58. The Morgan fingerprint density at radius 3 is 2.50 bits per heavy atom. The highest BCUT2D eigenvalue weighted by Gasteiger charge is 2.21. The molecule has 0 bridgehead atoms. The summed E-state index contributed by atoms with van der Waals surface area (Å²) in [6, 6.07) is 2.69. The molecule has 0 fully saturated rings. The van der Waals surface area contributed by atoms with Gasteiger partial charge in [-0.2, -0.15) is 0 Å². The largest absolute Gasteiger partial charge is 0.310 e. The van der Waals surface area contributed by atoms with Crippen LogP contribution in [0.4, 0.5) is 0 Å². The van der Waals surface area contributed by atoms with E-state index in [-0.39, 0.29) is 0 Å². The van der Waals surface area contributed by atoms with Gasteiger partial charge in [0.15, 0.2) is 0 Å². The summed E-state index contributed by atoms with van der Waals surface area (Å²) >= 11 is 8.96. The quantitative estimate of drug-likeness (QED) is 0.712. The number of halogens is 2. The SMILES string of the molecule is CCCNC(c1cc(Br)sc1Br)C(C)CC.